The number of hydrogen-bond donors (Lipinski definition) is 3. The summed E-state index contributed by atoms with van der Waals surface area (Å²) in [6.07, 6.45) is 3.41. The van der Waals surface area contributed by atoms with Crippen molar-refractivity contribution >= 4 is 28.5 Å². The number of fused-ring (bicyclic) bond motifs is 4. The first-order chi connectivity index (χ1) is 13.6. The summed E-state index contributed by atoms with van der Waals surface area (Å²) < 4.78 is 4.64. The number of ether oxygens (including phenoxy) is 1. The van der Waals surface area contributed by atoms with Crippen molar-refractivity contribution in [2.24, 2.45) is 5.92 Å². The summed E-state index contributed by atoms with van der Waals surface area (Å²) >= 11 is 0. The largest absolute Gasteiger partial charge is 0.469 e. The minimum absolute atomic E-state index is 0.108. The first-order valence-electron chi connectivity index (χ1n) is 9.96. The second-order valence-corrected chi connectivity index (χ2v) is 7.66. The molecule has 0 spiro atoms. The summed E-state index contributed by atoms with van der Waals surface area (Å²) in [4.78, 5) is 26.3. The molecule has 2 aromatic rings. The predicted octanol–water partition coefficient (Wildman–Crippen LogP) is 1.75. The van der Waals surface area contributed by atoms with Gasteiger partial charge in [-0.15, -0.1) is 0 Å². The number of nitrogens with zero attached hydrogens (tertiary/aromatic N) is 2. The number of rotatable bonds is 7. The van der Waals surface area contributed by atoms with E-state index in [2.05, 4.69) is 30.5 Å². The van der Waals surface area contributed by atoms with E-state index in [0.29, 0.717) is 31.0 Å². The lowest BCUT2D eigenvalue weighted by atomic mass is 9.84. The van der Waals surface area contributed by atoms with Crippen molar-refractivity contribution in [2.45, 2.75) is 31.7 Å². The van der Waals surface area contributed by atoms with E-state index in [1.807, 2.05) is 18.2 Å². The van der Waals surface area contributed by atoms with Gasteiger partial charge in [0.2, 0.25) is 0 Å². The molecule has 8 nitrogen and oxygen atoms in total. The van der Waals surface area contributed by atoms with Crippen LogP contribution in [-0.2, 0) is 9.53 Å². The van der Waals surface area contributed by atoms with Crippen LogP contribution in [0, 0.1) is 5.92 Å². The first-order valence-corrected chi connectivity index (χ1v) is 9.96. The molecule has 150 valence electrons. The zero-order valence-corrected chi connectivity index (χ0v) is 16.2. The van der Waals surface area contributed by atoms with Crippen LogP contribution < -0.4 is 10.6 Å². The van der Waals surface area contributed by atoms with E-state index in [4.69, 9.17) is 0 Å². The van der Waals surface area contributed by atoms with Crippen molar-refractivity contribution in [3.63, 3.8) is 0 Å². The van der Waals surface area contributed by atoms with E-state index < -0.39 is 0 Å². The number of hydrogen-bond acceptors (Lipinski definition) is 6. The highest BCUT2D eigenvalue weighted by atomic mass is 16.5. The van der Waals surface area contributed by atoms with E-state index in [9.17, 15) is 9.59 Å². The molecule has 1 amide bonds. The third-order valence-corrected chi connectivity index (χ3v) is 5.87. The number of anilines is 1. The van der Waals surface area contributed by atoms with Gasteiger partial charge < -0.3 is 20.3 Å². The maximum Gasteiger partial charge on any atom is 0.305 e. The van der Waals surface area contributed by atoms with E-state index >= 15 is 0 Å². The summed E-state index contributed by atoms with van der Waals surface area (Å²) in [5.41, 5.74) is 2.19. The fourth-order valence-corrected chi connectivity index (χ4v) is 4.24. The Bertz CT molecular complexity index is 857. The number of piperidine rings is 3. The van der Waals surface area contributed by atoms with Gasteiger partial charge in [-0.05, 0) is 56.5 Å². The lowest BCUT2D eigenvalue weighted by molar-refractivity contribution is -0.140. The predicted molar refractivity (Wildman–Crippen MR) is 106 cm³/mol. The van der Waals surface area contributed by atoms with Crippen LogP contribution in [0.1, 0.15) is 36.2 Å². The van der Waals surface area contributed by atoms with Gasteiger partial charge in [-0.1, -0.05) is 0 Å². The highest BCUT2D eigenvalue weighted by Crippen LogP contribution is 2.28. The Kier molecular flexibility index (Phi) is 5.47. The zero-order valence-electron chi connectivity index (χ0n) is 16.2. The monoisotopic (exact) mass is 385 g/mol. The molecule has 3 aliphatic heterocycles. The van der Waals surface area contributed by atoms with Gasteiger partial charge >= 0.3 is 5.97 Å². The normalized spacial score (nSPS) is 23.5. The van der Waals surface area contributed by atoms with Gasteiger partial charge in [-0.25, -0.2) is 0 Å². The molecule has 1 atom stereocenters. The molecule has 5 rings (SSSR count). The highest BCUT2D eigenvalue weighted by Gasteiger charge is 2.35. The number of aromatic nitrogens is 2. The quantitative estimate of drug-likeness (QED) is 0.496. The molecular formula is C20H27N5O3. The summed E-state index contributed by atoms with van der Waals surface area (Å²) in [7, 11) is 1.39. The topological polar surface area (TPSA) is 99.3 Å². The van der Waals surface area contributed by atoms with Crippen LogP contribution in [0.3, 0.4) is 0 Å². The fourth-order valence-electron chi connectivity index (χ4n) is 4.24. The van der Waals surface area contributed by atoms with Gasteiger partial charge in [0.25, 0.3) is 5.91 Å². The molecule has 2 bridgehead atoms. The summed E-state index contributed by atoms with van der Waals surface area (Å²) in [5.74, 6) is 0.271. The van der Waals surface area contributed by atoms with Crippen molar-refractivity contribution in [2.75, 3.05) is 38.6 Å². The first kappa shape index (κ1) is 18.7. The number of nitrogens with one attached hydrogen (secondary N) is 3. The van der Waals surface area contributed by atoms with Crippen LogP contribution in [-0.4, -0.2) is 66.3 Å². The molecule has 0 aliphatic carbocycles. The maximum atomic E-state index is 12.8. The van der Waals surface area contributed by atoms with Crippen LogP contribution in [0.15, 0.2) is 18.2 Å². The van der Waals surface area contributed by atoms with Crippen LogP contribution in [0.5, 0.6) is 0 Å². The van der Waals surface area contributed by atoms with E-state index in [1.54, 1.807) is 0 Å². The Balaban J connectivity index is 1.37. The lowest BCUT2D eigenvalue weighted by Gasteiger charge is -2.44. The Morgan fingerprint density at radius 3 is 2.86 bits per heavy atom. The number of benzene rings is 1. The van der Waals surface area contributed by atoms with Gasteiger partial charge in [0.15, 0.2) is 5.69 Å². The number of methoxy groups -OCH3 is 1. The number of H-pyrrole nitrogens is 1. The highest BCUT2D eigenvalue weighted by molar-refractivity contribution is 6.05. The minimum Gasteiger partial charge on any atom is -0.469 e. The number of esters is 1. The number of carbonyl (C=O) groups excluding carboxylic acids is 2. The molecule has 3 saturated heterocycles. The second kappa shape index (κ2) is 8.18. The molecular weight excluding hydrogens is 358 g/mol. The Morgan fingerprint density at radius 2 is 2.14 bits per heavy atom. The zero-order chi connectivity index (χ0) is 19.5. The molecule has 0 radical (unpaired) electrons. The van der Waals surface area contributed by atoms with Gasteiger partial charge in [0.1, 0.15) is 0 Å². The maximum absolute atomic E-state index is 12.8. The van der Waals surface area contributed by atoms with E-state index in [1.165, 1.54) is 7.11 Å². The van der Waals surface area contributed by atoms with Gasteiger partial charge in [0.05, 0.1) is 12.6 Å². The molecule has 3 fully saturated rings. The smallest absolute Gasteiger partial charge is 0.305 e. The minimum atomic E-state index is -0.204. The summed E-state index contributed by atoms with van der Waals surface area (Å²) in [6, 6.07) is 6.00. The molecule has 1 aromatic heterocycles. The lowest BCUT2D eigenvalue weighted by Crippen LogP contribution is -2.57. The molecule has 3 aliphatic rings. The van der Waals surface area contributed by atoms with Crippen molar-refractivity contribution in [1.82, 2.24) is 20.4 Å². The van der Waals surface area contributed by atoms with Gasteiger partial charge in [0, 0.05) is 36.6 Å². The third-order valence-electron chi connectivity index (χ3n) is 5.87. The number of amides is 1. The SMILES string of the molecule is COC(=O)CCCNc1ccc2c(C(=O)N[C@@H]3CN4CCC3CC4)n[nH]c2c1. The Labute approximate surface area is 164 Å². The molecule has 0 saturated carbocycles. The van der Waals surface area contributed by atoms with Crippen LogP contribution in [0.25, 0.3) is 10.9 Å². The average Bonchev–Trinajstić information content (AvgIpc) is 3.15. The summed E-state index contributed by atoms with van der Waals surface area (Å²) in [5, 5.41) is 14.5. The van der Waals surface area contributed by atoms with Crippen LogP contribution in [0.2, 0.25) is 0 Å². The third kappa shape index (κ3) is 3.96. The van der Waals surface area contributed by atoms with Crippen LogP contribution >= 0.6 is 0 Å². The van der Waals surface area contributed by atoms with Gasteiger partial charge in [-0.2, -0.15) is 5.10 Å². The van der Waals surface area contributed by atoms with Crippen molar-refractivity contribution in [1.29, 1.82) is 0 Å². The molecule has 3 N–H and O–H groups in total. The number of carbonyl (C=O) groups is 2. The Hall–Kier alpha value is -2.61. The molecule has 1 aromatic carbocycles. The molecule has 8 heteroatoms. The average molecular weight is 385 g/mol. The molecule has 0 unspecified atom stereocenters. The second-order valence-electron chi connectivity index (χ2n) is 7.66. The van der Waals surface area contributed by atoms with E-state index in [-0.39, 0.29) is 17.9 Å². The van der Waals surface area contributed by atoms with Crippen LogP contribution in [0.4, 0.5) is 5.69 Å². The summed E-state index contributed by atoms with van der Waals surface area (Å²) in [6.45, 7) is 3.91. The molecule has 28 heavy (non-hydrogen) atoms. The fraction of sp³-hybridized carbons (Fsp3) is 0.550. The standard InChI is InChI=1S/C20H27N5O3/c1-28-18(26)3-2-8-21-14-4-5-15-16(11-14)23-24-19(15)20(27)22-17-12-25-9-6-13(17)7-10-25/h4-5,11,13,17,21H,2-3,6-10,12H2,1H3,(H,22,27)(H,23,24)/t17-/m1/s1. The van der Waals surface area contributed by atoms with Crippen molar-refractivity contribution in [3.05, 3.63) is 23.9 Å². The van der Waals surface area contributed by atoms with Crippen molar-refractivity contribution in [3.8, 4) is 0 Å². The number of aromatic amines is 1. The van der Waals surface area contributed by atoms with E-state index in [0.717, 1.165) is 49.1 Å². The Morgan fingerprint density at radius 1 is 1.32 bits per heavy atom. The molecule has 4 heterocycles. The van der Waals surface area contributed by atoms with Crippen molar-refractivity contribution < 1.29 is 14.3 Å². The van der Waals surface area contributed by atoms with Gasteiger partial charge in [-0.3, -0.25) is 14.7 Å².